The van der Waals surface area contributed by atoms with Gasteiger partial charge in [0.25, 0.3) is 0 Å². The van der Waals surface area contributed by atoms with Crippen molar-refractivity contribution in [1.82, 2.24) is 16.0 Å². The lowest BCUT2D eigenvalue weighted by atomic mass is 9.76. The maximum Gasteiger partial charge on any atom is 0.408 e. The molecule has 0 bridgehead atoms. The van der Waals surface area contributed by atoms with E-state index < -0.39 is 53.3 Å². The van der Waals surface area contributed by atoms with Crippen molar-refractivity contribution in [3.8, 4) is 0 Å². The fourth-order valence-electron chi connectivity index (χ4n) is 6.40. The van der Waals surface area contributed by atoms with Crippen LogP contribution in [0.25, 0.3) is 0 Å². The number of amides is 3. The quantitative estimate of drug-likeness (QED) is 0.253. The Labute approximate surface area is 268 Å². The molecule has 45 heavy (non-hydrogen) atoms. The Balaban J connectivity index is 1.57. The van der Waals surface area contributed by atoms with Crippen LogP contribution in [-0.2, 0) is 29.3 Å². The smallest absolute Gasteiger partial charge is 0.408 e. The largest absolute Gasteiger partial charge is 0.467 e. The second kappa shape index (κ2) is 15.6. The van der Waals surface area contributed by atoms with Crippen LogP contribution in [0, 0.1) is 17.7 Å². The number of halogens is 2. The zero-order valence-corrected chi connectivity index (χ0v) is 26.8. The number of carbonyl (C=O) groups is 4. The fraction of sp³-hybridized carbons (Fsp3) is 0.529. The molecule has 4 atom stereocenters. The van der Waals surface area contributed by atoms with Gasteiger partial charge in [0.2, 0.25) is 11.8 Å². The number of ether oxygens (including phenoxy) is 2. The van der Waals surface area contributed by atoms with Gasteiger partial charge in [-0.1, -0.05) is 81.8 Å². The van der Waals surface area contributed by atoms with E-state index in [4.69, 9.17) is 21.1 Å². The van der Waals surface area contributed by atoms with Gasteiger partial charge in [-0.2, -0.15) is 0 Å². The zero-order valence-electron chi connectivity index (χ0n) is 26.1. The van der Waals surface area contributed by atoms with Crippen molar-refractivity contribution in [2.24, 2.45) is 11.8 Å². The highest BCUT2D eigenvalue weighted by molar-refractivity contribution is 6.30. The standard InChI is InChI=1S/C34H43ClFN3O6/c1-34(2,24-12-8-13-25(35)20-24)29(22-11-7-14-26(36)18-22)45-33(43)39-27(17-21-9-5-4-6-10-21)31(41)38-28(32(42)44-3)19-23-15-16-37-30(23)40/h7-8,11-14,18,20-21,23,27-29H,4-6,9-10,15-17,19H2,1-3H3,(H,37,40)(H,38,41)(H,39,43)/t23-,27-,28-,29+/m0/s1. The number of nitrogens with one attached hydrogen (secondary N) is 3. The third-order valence-corrected chi connectivity index (χ3v) is 9.22. The third-order valence-electron chi connectivity index (χ3n) is 8.99. The summed E-state index contributed by atoms with van der Waals surface area (Å²) in [6, 6.07) is 10.9. The Morgan fingerprint density at radius 1 is 1.00 bits per heavy atom. The molecule has 1 aliphatic carbocycles. The van der Waals surface area contributed by atoms with Crippen LogP contribution >= 0.6 is 11.6 Å². The Bertz CT molecular complexity index is 1360. The molecule has 2 aromatic carbocycles. The minimum atomic E-state index is -1.06. The highest BCUT2D eigenvalue weighted by Gasteiger charge is 2.38. The number of esters is 1. The van der Waals surface area contributed by atoms with Crippen LogP contribution in [0.15, 0.2) is 48.5 Å². The number of carbonyl (C=O) groups excluding carboxylic acids is 4. The van der Waals surface area contributed by atoms with Gasteiger partial charge >= 0.3 is 12.1 Å². The molecule has 0 radical (unpaired) electrons. The topological polar surface area (TPSA) is 123 Å². The summed E-state index contributed by atoms with van der Waals surface area (Å²) in [7, 11) is 1.22. The lowest BCUT2D eigenvalue weighted by Crippen LogP contribution is -2.53. The maximum atomic E-state index is 14.4. The van der Waals surface area contributed by atoms with Crippen molar-refractivity contribution in [2.45, 2.75) is 88.8 Å². The molecule has 1 aliphatic heterocycles. The number of alkyl carbamates (subject to hydrolysis) is 1. The molecule has 0 spiro atoms. The average molecular weight is 644 g/mol. The summed E-state index contributed by atoms with van der Waals surface area (Å²) in [6.45, 7) is 4.24. The highest BCUT2D eigenvalue weighted by atomic mass is 35.5. The van der Waals surface area contributed by atoms with Crippen LogP contribution in [0.1, 0.15) is 82.4 Å². The second-order valence-electron chi connectivity index (χ2n) is 12.6. The minimum absolute atomic E-state index is 0.0836. The van der Waals surface area contributed by atoms with Crippen LogP contribution in [0.4, 0.5) is 9.18 Å². The summed E-state index contributed by atoms with van der Waals surface area (Å²) in [6.07, 6.45) is 4.16. The van der Waals surface area contributed by atoms with Crippen LogP contribution in [0.2, 0.25) is 5.02 Å². The first-order valence-corrected chi connectivity index (χ1v) is 16.0. The molecule has 9 nitrogen and oxygen atoms in total. The normalized spacial score (nSPS) is 19.1. The summed E-state index contributed by atoms with van der Waals surface area (Å²) in [5.74, 6) is -2.15. The van der Waals surface area contributed by atoms with Crippen molar-refractivity contribution in [3.63, 3.8) is 0 Å². The Hall–Kier alpha value is -3.66. The van der Waals surface area contributed by atoms with E-state index in [0.29, 0.717) is 30.0 Å². The zero-order chi connectivity index (χ0) is 32.6. The first-order chi connectivity index (χ1) is 21.5. The molecule has 2 fully saturated rings. The summed E-state index contributed by atoms with van der Waals surface area (Å²) >= 11 is 6.28. The average Bonchev–Trinajstić information content (AvgIpc) is 3.43. The van der Waals surface area contributed by atoms with Crippen molar-refractivity contribution < 1.29 is 33.0 Å². The lowest BCUT2D eigenvalue weighted by Gasteiger charge is -2.35. The molecule has 3 amide bonds. The van der Waals surface area contributed by atoms with Gasteiger partial charge in [0.05, 0.1) is 7.11 Å². The van der Waals surface area contributed by atoms with Gasteiger partial charge in [-0.3, -0.25) is 9.59 Å². The maximum absolute atomic E-state index is 14.4. The van der Waals surface area contributed by atoms with E-state index in [1.54, 1.807) is 30.3 Å². The summed E-state index contributed by atoms with van der Waals surface area (Å²) < 4.78 is 25.4. The predicted molar refractivity (Wildman–Crippen MR) is 168 cm³/mol. The van der Waals surface area contributed by atoms with E-state index in [2.05, 4.69) is 16.0 Å². The van der Waals surface area contributed by atoms with E-state index in [9.17, 15) is 23.6 Å². The van der Waals surface area contributed by atoms with Gasteiger partial charge in [0, 0.05) is 22.9 Å². The van der Waals surface area contributed by atoms with Crippen LogP contribution < -0.4 is 16.0 Å². The molecule has 2 aromatic rings. The van der Waals surface area contributed by atoms with Crippen LogP contribution in [0.3, 0.4) is 0 Å². The van der Waals surface area contributed by atoms with Gasteiger partial charge in [-0.05, 0) is 60.6 Å². The van der Waals surface area contributed by atoms with Gasteiger partial charge in [-0.15, -0.1) is 0 Å². The molecular weight excluding hydrogens is 601 g/mol. The molecule has 1 heterocycles. The number of hydrogen-bond acceptors (Lipinski definition) is 6. The molecule has 0 aromatic heterocycles. The number of benzene rings is 2. The van der Waals surface area contributed by atoms with E-state index in [0.717, 1.165) is 37.7 Å². The summed E-state index contributed by atoms with van der Waals surface area (Å²) in [4.78, 5) is 52.2. The molecule has 2 aliphatic rings. The van der Waals surface area contributed by atoms with Crippen LogP contribution in [0.5, 0.6) is 0 Å². The van der Waals surface area contributed by atoms with Gasteiger partial charge in [0.1, 0.15) is 24.0 Å². The first kappa shape index (κ1) is 34.2. The number of hydrogen-bond donors (Lipinski definition) is 3. The van der Waals surface area contributed by atoms with E-state index in [1.165, 1.54) is 19.2 Å². The van der Waals surface area contributed by atoms with Crippen molar-refractivity contribution in [2.75, 3.05) is 13.7 Å². The Morgan fingerprint density at radius 2 is 1.73 bits per heavy atom. The first-order valence-electron chi connectivity index (χ1n) is 15.6. The summed E-state index contributed by atoms with van der Waals surface area (Å²) in [5.41, 5.74) is 0.351. The minimum Gasteiger partial charge on any atom is -0.467 e. The van der Waals surface area contributed by atoms with Crippen molar-refractivity contribution in [3.05, 3.63) is 70.5 Å². The van der Waals surface area contributed by atoms with Crippen LogP contribution in [-0.4, -0.2) is 49.6 Å². The van der Waals surface area contributed by atoms with E-state index in [1.807, 2.05) is 19.9 Å². The molecule has 244 valence electrons. The SMILES string of the molecule is COC(=O)[C@H](C[C@@H]1CCNC1=O)NC(=O)[C@H](CC1CCCCC1)NC(=O)O[C@H](c1cccc(F)c1)C(C)(C)c1cccc(Cl)c1. The summed E-state index contributed by atoms with van der Waals surface area (Å²) in [5, 5.41) is 8.74. The van der Waals surface area contributed by atoms with Crippen molar-refractivity contribution in [1.29, 1.82) is 0 Å². The number of rotatable bonds is 12. The molecule has 11 heteroatoms. The molecule has 1 saturated carbocycles. The fourth-order valence-corrected chi connectivity index (χ4v) is 6.59. The predicted octanol–water partition coefficient (Wildman–Crippen LogP) is 5.75. The molecule has 1 saturated heterocycles. The van der Waals surface area contributed by atoms with E-state index in [-0.39, 0.29) is 18.2 Å². The molecule has 4 rings (SSSR count). The third kappa shape index (κ3) is 9.19. The van der Waals surface area contributed by atoms with Crippen molar-refractivity contribution >= 4 is 35.5 Å². The van der Waals surface area contributed by atoms with Gasteiger partial charge < -0.3 is 25.4 Å². The lowest BCUT2D eigenvalue weighted by molar-refractivity contribution is -0.146. The van der Waals surface area contributed by atoms with E-state index >= 15 is 0 Å². The monoisotopic (exact) mass is 643 g/mol. The second-order valence-corrected chi connectivity index (χ2v) is 13.0. The number of methoxy groups -OCH3 is 1. The highest BCUT2D eigenvalue weighted by Crippen LogP contribution is 2.40. The van der Waals surface area contributed by atoms with Gasteiger partial charge in [0.15, 0.2) is 0 Å². The Morgan fingerprint density at radius 3 is 2.38 bits per heavy atom. The Kier molecular flexibility index (Phi) is 11.8. The van der Waals surface area contributed by atoms with Gasteiger partial charge in [-0.25, -0.2) is 14.0 Å². The molecule has 0 unspecified atom stereocenters. The molecule has 3 N–H and O–H groups in total. The molecular formula is C34H43ClFN3O6.